The van der Waals surface area contributed by atoms with E-state index in [0.717, 1.165) is 0 Å². The number of sulfone groups is 1. The lowest BCUT2D eigenvalue weighted by Crippen LogP contribution is -2.21. The molecular formula is C9H13N3O3S. The van der Waals surface area contributed by atoms with Crippen LogP contribution >= 0.6 is 0 Å². The summed E-state index contributed by atoms with van der Waals surface area (Å²) in [4.78, 5) is 7.87. The molecule has 0 aliphatic carbocycles. The van der Waals surface area contributed by atoms with Gasteiger partial charge in [-0.3, -0.25) is 0 Å². The van der Waals surface area contributed by atoms with Crippen LogP contribution < -0.4 is 10.1 Å². The Labute approximate surface area is 94.0 Å². The summed E-state index contributed by atoms with van der Waals surface area (Å²) < 4.78 is 27.5. The van der Waals surface area contributed by atoms with E-state index in [4.69, 9.17) is 4.74 Å². The molecule has 1 aromatic rings. The van der Waals surface area contributed by atoms with Gasteiger partial charge in [0.25, 0.3) is 0 Å². The molecule has 0 bridgehead atoms. The summed E-state index contributed by atoms with van der Waals surface area (Å²) in [6.45, 7) is 0. The van der Waals surface area contributed by atoms with Crippen molar-refractivity contribution in [2.75, 3.05) is 23.9 Å². The fraction of sp³-hybridized carbons (Fsp3) is 0.556. The van der Waals surface area contributed by atoms with Gasteiger partial charge in [-0.2, -0.15) is 0 Å². The molecule has 0 saturated carbocycles. The lowest BCUT2D eigenvalue weighted by atomic mass is 10.2. The highest BCUT2D eigenvalue weighted by Crippen LogP contribution is 2.17. The maximum absolute atomic E-state index is 11.3. The highest BCUT2D eigenvalue weighted by Gasteiger charge is 2.27. The minimum Gasteiger partial charge on any atom is -0.481 e. The zero-order valence-electron chi connectivity index (χ0n) is 8.88. The SMILES string of the molecule is COc1cc(N[C@H]2CCS(=O)(=O)C2)ncn1. The zero-order valence-corrected chi connectivity index (χ0v) is 9.70. The highest BCUT2D eigenvalue weighted by molar-refractivity contribution is 7.91. The number of rotatable bonds is 3. The van der Waals surface area contributed by atoms with E-state index in [1.165, 1.54) is 13.4 Å². The first-order valence-electron chi connectivity index (χ1n) is 4.92. The fourth-order valence-electron chi connectivity index (χ4n) is 1.65. The lowest BCUT2D eigenvalue weighted by molar-refractivity contribution is 0.397. The van der Waals surface area contributed by atoms with Crippen molar-refractivity contribution in [3.8, 4) is 5.88 Å². The van der Waals surface area contributed by atoms with E-state index in [1.807, 2.05) is 0 Å². The first-order chi connectivity index (χ1) is 7.59. The van der Waals surface area contributed by atoms with Crippen molar-refractivity contribution < 1.29 is 13.2 Å². The van der Waals surface area contributed by atoms with E-state index in [0.29, 0.717) is 18.1 Å². The van der Waals surface area contributed by atoms with Crippen molar-refractivity contribution in [3.05, 3.63) is 12.4 Å². The number of ether oxygens (including phenoxy) is 1. The Balaban J connectivity index is 2.04. The second-order valence-corrected chi connectivity index (χ2v) is 5.92. The van der Waals surface area contributed by atoms with E-state index in [1.54, 1.807) is 6.07 Å². The Morgan fingerprint density at radius 3 is 2.94 bits per heavy atom. The first-order valence-corrected chi connectivity index (χ1v) is 6.74. The molecule has 1 aliphatic heterocycles. The summed E-state index contributed by atoms with van der Waals surface area (Å²) in [5, 5.41) is 3.06. The predicted molar refractivity (Wildman–Crippen MR) is 59.3 cm³/mol. The number of anilines is 1. The number of aromatic nitrogens is 2. The van der Waals surface area contributed by atoms with Crippen LogP contribution in [0.4, 0.5) is 5.82 Å². The zero-order chi connectivity index (χ0) is 11.6. The van der Waals surface area contributed by atoms with Crippen LogP contribution in [0.2, 0.25) is 0 Å². The molecule has 2 heterocycles. The lowest BCUT2D eigenvalue weighted by Gasteiger charge is -2.11. The monoisotopic (exact) mass is 243 g/mol. The minimum absolute atomic E-state index is 0.0652. The average Bonchev–Trinajstić information content (AvgIpc) is 2.58. The molecule has 1 fully saturated rings. The molecule has 1 N–H and O–H groups in total. The molecule has 0 radical (unpaired) electrons. The molecule has 7 heteroatoms. The van der Waals surface area contributed by atoms with Gasteiger partial charge in [0.15, 0.2) is 9.84 Å². The molecule has 16 heavy (non-hydrogen) atoms. The molecule has 0 spiro atoms. The summed E-state index contributed by atoms with van der Waals surface area (Å²) in [7, 11) is -1.35. The van der Waals surface area contributed by atoms with Gasteiger partial charge in [-0.1, -0.05) is 0 Å². The Morgan fingerprint density at radius 2 is 2.31 bits per heavy atom. The molecule has 1 aliphatic rings. The molecule has 1 atom stereocenters. The van der Waals surface area contributed by atoms with Crippen LogP contribution in [0.5, 0.6) is 5.88 Å². The van der Waals surface area contributed by atoms with Crippen molar-refractivity contribution in [2.45, 2.75) is 12.5 Å². The van der Waals surface area contributed by atoms with E-state index < -0.39 is 9.84 Å². The summed E-state index contributed by atoms with van der Waals surface area (Å²) >= 11 is 0. The van der Waals surface area contributed by atoms with E-state index in [2.05, 4.69) is 15.3 Å². The normalized spacial score (nSPS) is 22.9. The predicted octanol–water partition coefficient (Wildman–Crippen LogP) is 0.0842. The van der Waals surface area contributed by atoms with Crippen molar-refractivity contribution >= 4 is 15.7 Å². The maximum atomic E-state index is 11.3. The minimum atomic E-state index is -2.87. The highest BCUT2D eigenvalue weighted by atomic mass is 32.2. The van der Waals surface area contributed by atoms with Crippen LogP contribution in [-0.2, 0) is 9.84 Å². The van der Waals surface area contributed by atoms with Crippen molar-refractivity contribution in [3.63, 3.8) is 0 Å². The number of hydrogen-bond donors (Lipinski definition) is 1. The Hall–Kier alpha value is -1.37. The molecule has 0 unspecified atom stereocenters. The van der Waals surface area contributed by atoms with Crippen LogP contribution in [0.25, 0.3) is 0 Å². The third-order valence-corrected chi connectivity index (χ3v) is 4.20. The smallest absolute Gasteiger partial charge is 0.218 e. The van der Waals surface area contributed by atoms with Crippen LogP contribution in [0.1, 0.15) is 6.42 Å². The van der Waals surface area contributed by atoms with Gasteiger partial charge in [-0.05, 0) is 6.42 Å². The molecular weight excluding hydrogens is 230 g/mol. The van der Waals surface area contributed by atoms with E-state index >= 15 is 0 Å². The average molecular weight is 243 g/mol. The number of nitrogens with one attached hydrogen (secondary N) is 1. The fourth-order valence-corrected chi connectivity index (χ4v) is 3.32. The maximum Gasteiger partial charge on any atom is 0.218 e. The van der Waals surface area contributed by atoms with Crippen LogP contribution in [0.3, 0.4) is 0 Å². The summed E-state index contributed by atoms with van der Waals surface area (Å²) in [5.74, 6) is 1.46. The van der Waals surface area contributed by atoms with Gasteiger partial charge in [0, 0.05) is 12.1 Å². The van der Waals surface area contributed by atoms with Gasteiger partial charge in [-0.25, -0.2) is 18.4 Å². The Bertz CT molecular complexity index is 475. The molecule has 6 nitrogen and oxygen atoms in total. The van der Waals surface area contributed by atoms with Crippen LogP contribution in [0, 0.1) is 0 Å². The van der Waals surface area contributed by atoms with Gasteiger partial charge >= 0.3 is 0 Å². The second kappa shape index (κ2) is 4.25. The van der Waals surface area contributed by atoms with Crippen molar-refractivity contribution in [2.24, 2.45) is 0 Å². The molecule has 88 valence electrons. The third-order valence-electron chi connectivity index (χ3n) is 2.44. The standard InChI is InChI=1S/C9H13N3O3S/c1-15-9-4-8(10-6-11-9)12-7-2-3-16(13,14)5-7/h4,6-7H,2-3,5H2,1H3,(H,10,11,12)/t7-/m0/s1. The molecule has 0 amide bonds. The van der Waals surface area contributed by atoms with Gasteiger partial charge in [0.05, 0.1) is 18.6 Å². The molecule has 1 saturated heterocycles. The van der Waals surface area contributed by atoms with Gasteiger partial charge in [-0.15, -0.1) is 0 Å². The Morgan fingerprint density at radius 1 is 1.50 bits per heavy atom. The Kier molecular flexibility index (Phi) is 2.95. The van der Waals surface area contributed by atoms with E-state index in [-0.39, 0.29) is 17.5 Å². The summed E-state index contributed by atoms with van der Waals surface area (Å²) in [6, 6.07) is 1.58. The topological polar surface area (TPSA) is 81.2 Å². The van der Waals surface area contributed by atoms with Gasteiger partial charge in [0.1, 0.15) is 12.1 Å². The number of hydrogen-bond acceptors (Lipinski definition) is 6. The van der Waals surface area contributed by atoms with Crippen molar-refractivity contribution in [1.29, 1.82) is 0 Å². The van der Waals surface area contributed by atoms with E-state index in [9.17, 15) is 8.42 Å². The molecule has 1 aromatic heterocycles. The summed E-state index contributed by atoms with van der Waals surface area (Å²) in [6.07, 6.45) is 2.00. The number of methoxy groups -OCH3 is 1. The van der Waals surface area contributed by atoms with Gasteiger partial charge < -0.3 is 10.1 Å². The van der Waals surface area contributed by atoms with Crippen LogP contribution in [-0.4, -0.2) is 43.0 Å². The van der Waals surface area contributed by atoms with Crippen molar-refractivity contribution in [1.82, 2.24) is 9.97 Å². The first kappa shape index (κ1) is 11.1. The largest absolute Gasteiger partial charge is 0.481 e. The quantitative estimate of drug-likeness (QED) is 0.810. The third kappa shape index (κ3) is 2.60. The molecule has 0 aromatic carbocycles. The number of nitrogens with zero attached hydrogens (tertiary/aromatic N) is 2. The second-order valence-electron chi connectivity index (χ2n) is 3.69. The molecule has 2 rings (SSSR count). The summed E-state index contributed by atoms with van der Waals surface area (Å²) in [5.41, 5.74) is 0. The van der Waals surface area contributed by atoms with Gasteiger partial charge in [0.2, 0.25) is 5.88 Å². The van der Waals surface area contributed by atoms with Crippen LogP contribution in [0.15, 0.2) is 12.4 Å².